The molecule has 1 aliphatic carbocycles. The molecule has 0 spiro atoms. The van der Waals surface area contributed by atoms with Gasteiger partial charge in [-0.15, -0.1) is 0 Å². The molecule has 0 radical (unpaired) electrons. The molecule has 1 aliphatic rings. The van der Waals surface area contributed by atoms with Crippen molar-refractivity contribution in [2.45, 2.75) is 45.3 Å². The summed E-state index contributed by atoms with van der Waals surface area (Å²) in [6.45, 7) is 5.78. The Labute approximate surface area is 72.5 Å². The van der Waals surface area contributed by atoms with Gasteiger partial charge in [-0.3, -0.25) is 4.79 Å². The van der Waals surface area contributed by atoms with E-state index in [4.69, 9.17) is 0 Å². The molecule has 1 saturated carbocycles. The normalized spacial score (nSPS) is 29.3. The van der Waals surface area contributed by atoms with Gasteiger partial charge in [0.2, 0.25) is 5.91 Å². The highest BCUT2D eigenvalue weighted by molar-refractivity contribution is 5.80. The molecule has 70 valence electrons. The number of rotatable bonds is 1. The number of halogens is 1. The second-order valence-corrected chi connectivity index (χ2v) is 4.50. The standard InChI is InChI=1S/C9H16FNO/c1-9(2,3)11-8(12)6-4-7(10)5-6/h6-7H,4-5H2,1-3H3,(H,11,12). The minimum Gasteiger partial charge on any atom is -0.351 e. The minimum atomic E-state index is -0.749. The van der Waals surface area contributed by atoms with Crippen LogP contribution in [-0.4, -0.2) is 17.6 Å². The molecule has 1 N–H and O–H groups in total. The molecule has 2 nitrogen and oxygen atoms in total. The summed E-state index contributed by atoms with van der Waals surface area (Å²) in [5.41, 5.74) is -0.196. The summed E-state index contributed by atoms with van der Waals surface area (Å²) in [4.78, 5) is 11.3. The Hall–Kier alpha value is -0.600. The molecule has 0 atom stereocenters. The van der Waals surface area contributed by atoms with E-state index in [1.54, 1.807) is 0 Å². The summed E-state index contributed by atoms with van der Waals surface area (Å²) in [6.07, 6.45) is 0.0600. The maximum absolute atomic E-state index is 12.4. The third kappa shape index (κ3) is 2.47. The Balaban J connectivity index is 2.30. The lowest BCUT2D eigenvalue weighted by Gasteiger charge is -2.31. The highest BCUT2D eigenvalue weighted by atomic mass is 19.1. The van der Waals surface area contributed by atoms with Crippen molar-refractivity contribution in [2.75, 3.05) is 0 Å². The quantitative estimate of drug-likeness (QED) is 0.641. The van der Waals surface area contributed by atoms with E-state index in [0.29, 0.717) is 12.8 Å². The fourth-order valence-corrected chi connectivity index (χ4v) is 1.23. The van der Waals surface area contributed by atoms with Crippen LogP contribution >= 0.6 is 0 Å². The van der Waals surface area contributed by atoms with Gasteiger partial charge in [-0.1, -0.05) is 0 Å². The van der Waals surface area contributed by atoms with Crippen LogP contribution in [0.5, 0.6) is 0 Å². The molecular weight excluding hydrogens is 157 g/mol. The van der Waals surface area contributed by atoms with E-state index in [1.807, 2.05) is 20.8 Å². The zero-order chi connectivity index (χ0) is 9.35. The largest absolute Gasteiger partial charge is 0.351 e. The lowest BCUT2D eigenvalue weighted by Crippen LogP contribution is -2.47. The number of alkyl halides is 1. The lowest BCUT2D eigenvalue weighted by atomic mass is 9.82. The highest BCUT2D eigenvalue weighted by Gasteiger charge is 2.35. The summed E-state index contributed by atoms with van der Waals surface area (Å²) in [7, 11) is 0. The van der Waals surface area contributed by atoms with E-state index >= 15 is 0 Å². The molecule has 0 aromatic rings. The molecule has 1 amide bonds. The molecule has 0 unspecified atom stereocenters. The summed E-state index contributed by atoms with van der Waals surface area (Å²) in [5.74, 6) is -0.0874. The van der Waals surface area contributed by atoms with Gasteiger partial charge in [0.05, 0.1) is 0 Å². The summed E-state index contributed by atoms with van der Waals surface area (Å²) in [5, 5.41) is 2.84. The van der Waals surface area contributed by atoms with Crippen LogP contribution in [0.25, 0.3) is 0 Å². The van der Waals surface area contributed by atoms with E-state index in [9.17, 15) is 9.18 Å². The first kappa shape index (κ1) is 9.49. The molecule has 0 heterocycles. The van der Waals surface area contributed by atoms with Crippen molar-refractivity contribution in [2.24, 2.45) is 5.92 Å². The fraction of sp³-hybridized carbons (Fsp3) is 0.889. The highest BCUT2D eigenvalue weighted by Crippen LogP contribution is 2.30. The minimum absolute atomic E-state index is 0.00333. The smallest absolute Gasteiger partial charge is 0.223 e. The molecule has 0 aromatic heterocycles. The van der Waals surface area contributed by atoms with Gasteiger partial charge >= 0.3 is 0 Å². The first-order valence-electron chi connectivity index (χ1n) is 4.34. The maximum Gasteiger partial charge on any atom is 0.223 e. The van der Waals surface area contributed by atoms with Crippen molar-refractivity contribution in [3.8, 4) is 0 Å². The molecule has 0 aliphatic heterocycles. The van der Waals surface area contributed by atoms with Crippen LogP contribution in [0.2, 0.25) is 0 Å². The van der Waals surface area contributed by atoms with Gasteiger partial charge in [0.15, 0.2) is 0 Å². The van der Waals surface area contributed by atoms with Crippen LogP contribution in [0, 0.1) is 5.92 Å². The maximum atomic E-state index is 12.4. The molecule has 0 saturated heterocycles. The predicted molar refractivity (Wildman–Crippen MR) is 45.5 cm³/mol. The van der Waals surface area contributed by atoms with Gasteiger partial charge in [0.1, 0.15) is 6.17 Å². The number of nitrogens with one attached hydrogen (secondary N) is 1. The lowest BCUT2D eigenvalue weighted by molar-refractivity contribution is -0.131. The molecule has 0 aromatic carbocycles. The summed E-state index contributed by atoms with van der Waals surface area (Å²) in [6, 6.07) is 0. The molecule has 3 heteroatoms. The van der Waals surface area contributed by atoms with Crippen molar-refractivity contribution in [3.63, 3.8) is 0 Å². The molecular formula is C9H16FNO. The Morgan fingerprint density at radius 2 is 1.92 bits per heavy atom. The Morgan fingerprint density at radius 3 is 2.25 bits per heavy atom. The first-order valence-corrected chi connectivity index (χ1v) is 4.34. The number of amides is 1. The third-order valence-corrected chi connectivity index (χ3v) is 1.95. The molecule has 0 bridgehead atoms. The summed E-state index contributed by atoms with van der Waals surface area (Å²) < 4.78 is 12.4. The third-order valence-electron chi connectivity index (χ3n) is 1.95. The fourth-order valence-electron chi connectivity index (χ4n) is 1.23. The van der Waals surface area contributed by atoms with Gasteiger partial charge in [0, 0.05) is 11.5 Å². The topological polar surface area (TPSA) is 29.1 Å². The van der Waals surface area contributed by atoms with Crippen LogP contribution in [0.1, 0.15) is 33.6 Å². The van der Waals surface area contributed by atoms with Crippen molar-refractivity contribution in [3.05, 3.63) is 0 Å². The number of hydrogen-bond acceptors (Lipinski definition) is 1. The van der Waals surface area contributed by atoms with Gasteiger partial charge < -0.3 is 5.32 Å². The van der Waals surface area contributed by atoms with Crippen LogP contribution in [-0.2, 0) is 4.79 Å². The van der Waals surface area contributed by atoms with Crippen LogP contribution in [0.4, 0.5) is 4.39 Å². The number of carbonyl (C=O) groups excluding carboxylic acids is 1. The number of carbonyl (C=O) groups is 1. The Bertz CT molecular complexity index is 179. The van der Waals surface area contributed by atoms with E-state index in [2.05, 4.69) is 5.32 Å². The Kier molecular flexibility index (Phi) is 2.40. The van der Waals surface area contributed by atoms with Gasteiger partial charge in [-0.25, -0.2) is 4.39 Å². The zero-order valence-corrected chi connectivity index (χ0v) is 7.86. The molecule has 12 heavy (non-hydrogen) atoms. The number of hydrogen-bond donors (Lipinski definition) is 1. The monoisotopic (exact) mass is 173 g/mol. The van der Waals surface area contributed by atoms with Crippen molar-refractivity contribution < 1.29 is 9.18 Å². The molecule has 1 fully saturated rings. The van der Waals surface area contributed by atoms with Crippen molar-refractivity contribution >= 4 is 5.91 Å². The van der Waals surface area contributed by atoms with E-state index in [0.717, 1.165) is 0 Å². The Morgan fingerprint density at radius 1 is 1.42 bits per heavy atom. The van der Waals surface area contributed by atoms with E-state index in [1.165, 1.54) is 0 Å². The van der Waals surface area contributed by atoms with E-state index in [-0.39, 0.29) is 17.4 Å². The van der Waals surface area contributed by atoms with Crippen molar-refractivity contribution in [1.29, 1.82) is 0 Å². The van der Waals surface area contributed by atoms with Gasteiger partial charge in [0.25, 0.3) is 0 Å². The average Bonchev–Trinajstić information content (AvgIpc) is 1.76. The summed E-state index contributed by atoms with van der Waals surface area (Å²) >= 11 is 0. The average molecular weight is 173 g/mol. The van der Waals surface area contributed by atoms with Crippen LogP contribution in [0.3, 0.4) is 0 Å². The molecule has 1 rings (SSSR count). The predicted octanol–water partition coefficient (Wildman–Crippen LogP) is 1.65. The van der Waals surface area contributed by atoms with Crippen molar-refractivity contribution in [1.82, 2.24) is 5.32 Å². The van der Waals surface area contributed by atoms with E-state index < -0.39 is 6.17 Å². The van der Waals surface area contributed by atoms with Crippen LogP contribution in [0.15, 0.2) is 0 Å². The first-order chi connectivity index (χ1) is 5.38. The van der Waals surface area contributed by atoms with Gasteiger partial charge in [-0.05, 0) is 33.6 Å². The second-order valence-electron chi connectivity index (χ2n) is 4.50. The SMILES string of the molecule is CC(C)(C)NC(=O)C1CC(F)C1. The van der Waals surface area contributed by atoms with Crippen LogP contribution < -0.4 is 5.32 Å². The van der Waals surface area contributed by atoms with Gasteiger partial charge in [-0.2, -0.15) is 0 Å². The second kappa shape index (κ2) is 3.04. The zero-order valence-electron chi connectivity index (χ0n) is 7.86.